The monoisotopic (exact) mass is 356 g/mol. The second-order valence-corrected chi connectivity index (χ2v) is 6.24. The number of aliphatic carboxylic acids is 1. The largest absolute Gasteiger partial charge is 0.481 e. The molecule has 0 radical (unpaired) electrons. The molecule has 2 N–H and O–H groups in total. The van der Waals surface area contributed by atoms with E-state index in [0.717, 1.165) is 16.8 Å². The Bertz CT molecular complexity index is 714. The van der Waals surface area contributed by atoms with Crippen molar-refractivity contribution in [2.45, 2.75) is 13.0 Å². The first-order chi connectivity index (χ1) is 12.5. The van der Waals surface area contributed by atoms with Gasteiger partial charge in [-0.15, -0.1) is 0 Å². The SMILES string of the molecule is CN(C)c1ccc(CC(CNC(=O)OCc2ccccc2)C(=O)O)cc1. The first-order valence-corrected chi connectivity index (χ1v) is 8.39. The molecule has 26 heavy (non-hydrogen) atoms. The minimum atomic E-state index is -0.954. The smallest absolute Gasteiger partial charge is 0.407 e. The van der Waals surface area contributed by atoms with Crippen molar-refractivity contribution in [1.82, 2.24) is 5.32 Å². The van der Waals surface area contributed by atoms with E-state index in [0.29, 0.717) is 6.42 Å². The highest BCUT2D eigenvalue weighted by atomic mass is 16.5. The molecule has 1 unspecified atom stereocenters. The van der Waals surface area contributed by atoms with E-state index >= 15 is 0 Å². The average Bonchev–Trinajstić information content (AvgIpc) is 2.64. The summed E-state index contributed by atoms with van der Waals surface area (Å²) in [5, 5.41) is 11.9. The molecule has 0 saturated heterocycles. The van der Waals surface area contributed by atoms with E-state index in [1.165, 1.54) is 0 Å². The van der Waals surface area contributed by atoms with Gasteiger partial charge in [0.25, 0.3) is 0 Å². The summed E-state index contributed by atoms with van der Waals surface area (Å²) in [7, 11) is 3.89. The molecule has 0 spiro atoms. The molecule has 0 fully saturated rings. The van der Waals surface area contributed by atoms with Crippen molar-refractivity contribution in [2.24, 2.45) is 5.92 Å². The van der Waals surface area contributed by atoms with Crippen LogP contribution in [0.5, 0.6) is 0 Å². The Kier molecular flexibility index (Phi) is 7.02. The molecule has 0 aliphatic carbocycles. The van der Waals surface area contributed by atoms with Gasteiger partial charge in [0.2, 0.25) is 0 Å². The van der Waals surface area contributed by atoms with Gasteiger partial charge in [-0.25, -0.2) is 4.79 Å². The predicted octanol–water partition coefficient (Wildman–Crippen LogP) is 2.92. The molecular weight excluding hydrogens is 332 g/mol. The molecule has 6 heteroatoms. The van der Waals surface area contributed by atoms with Gasteiger partial charge in [0, 0.05) is 26.3 Å². The number of carbonyl (C=O) groups is 2. The molecule has 0 bridgehead atoms. The third-order valence-corrected chi connectivity index (χ3v) is 3.99. The number of alkyl carbamates (subject to hydrolysis) is 1. The highest BCUT2D eigenvalue weighted by Crippen LogP contribution is 2.15. The molecule has 138 valence electrons. The van der Waals surface area contributed by atoms with Crippen molar-refractivity contribution in [1.29, 1.82) is 0 Å². The van der Waals surface area contributed by atoms with Crippen LogP contribution in [0.2, 0.25) is 0 Å². The lowest BCUT2D eigenvalue weighted by atomic mass is 9.99. The zero-order valence-corrected chi connectivity index (χ0v) is 15.0. The number of hydrogen-bond acceptors (Lipinski definition) is 4. The van der Waals surface area contributed by atoms with Crippen molar-refractivity contribution < 1.29 is 19.4 Å². The van der Waals surface area contributed by atoms with Gasteiger partial charge in [0.05, 0.1) is 5.92 Å². The summed E-state index contributed by atoms with van der Waals surface area (Å²) in [5.41, 5.74) is 2.82. The fraction of sp³-hybridized carbons (Fsp3) is 0.300. The van der Waals surface area contributed by atoms with Crippen LogP contribution in [0.4, 0.5) is 10.5 Å². The topological polar surface area (TPSA) is 78.9 Å². The van der Waals surface area contributed by atoms with Gasteiger partial charge in [0.15, 0.2) is 0 Å². The third kappa shape index (κ3) is 6.12. The molecule has 2 aromatic rings. The summed E-state index contributed by atoms with van der Waals surface area (Å²) < 4.78 is 5.10. The summed E-state index contributed by atoms with van der Waals surface area (Å²) in [6.45, 7) is 0.162. The minimum Gasteiger partial charge on any atom is -0.481 e. The second-order valence-electron chi connectivity index (χ2n) is 6.24. The summed E-state index contributed by atoms with van der Waals surface area (Å²) >= 11 is 0. The van der Waals surface area contributed by atoms with E-state index in [1.54, 1.807) is 0 Å². The van der Waals surface area contributed by atoms with Crippen molar-refractivity contribution in [3.05, 3.63) is 65.7 Å². The molecule has 0 saturated carbocycles. The number of anilines is 1. The number of hydrogen-bond donors (Lipinski definition) is 2. The van der Waals surface area contributed by atoms with E-state index in [2.05, 4.69) is 5.32 Å². The van der Waals surface area contributed by atoms with E-state index in [1.807, 2.05) is 73.6 Å². The van der Waals surface area contributed by atoms with Crippen LogP contribution < -0.4 is 10.2 Å². The Hall–Kier alpha value is -3.02. The van der Waals surface area contributed by atoms with Crippen LogP contribution in [0.25, 0.3) is 0 Å². The van der Waals surface area contributed by atoms with E-state index in [4.69, 9.17) is 4.74 Å². The quantitative estimate of drug-likeness (QED) is 0.760. The molecular formula is C20H24N2O4. The predicted molar refractivity (Wildman–Crippen MR) is 100 cm³/mol. The van der Waals surface area contributed by atoms with Gasteiger partial charge < -0.3 is 20.1 Å². The number of nitrogens with one attached hydrogen (secondary N) is 1. The molecule has 2 rings (SSSR count). The lowest BCUT2D eigenvalue weighted by Gasteiger charge is -2.15. The van der Waals surface area contributed by atoms with Crippen molar-refractivity contribution >= 4 is 17.7 Å². The number of carbonyl (C=O) groups excluding carboxylic acids is 1. The van der Waals surface area contributed by atoms with Gasteiger partial charge in [0.1, 0.15) is 6.61 Å². The van der Waals surface area contributed by atoms with Crippen LogP contribution in [0.15, 0.2) is 54.6 Å². The van der Waals surface area contributed by atoms with Gasteiger partial charge in [-0.2, -0.15) is 0 Å². The van der Waals surface area contributed by atoms with Crippen molar-refractivity contribution in [2.75, 3.05) is 25.5 Å². The minimum absolute atomic E-state index is 0.0123. The standard InChI is InChI=1S/C20H24N2O4/c1-22(2)18-10-8-15(9-11-18)12-17(19(23)24)13-21-20(25)26-14-16-6-4-3-5-7-16/h3-11,17H,12-14H2,1-2H3,(H,21,25)(H,23,24). The number of ether oxygens (including phenoxy) is 1. The molecule has 0 heterocycles. The molecule has 1 atom stereocenters. The van der Waals surface area contributed by atoms with Crippen LogP contribution >= 0.6 is 0 Å². The number of benzene rings is 2. The van der Waals surface area contributed by atoms with Crippen molar-refractivity contribution in [3.63, 3.8) is 0 Å². The van der Waals surface area contributed by atoms with E-state index < -0.39 is 18.0 Å². The summed E-state index contributed by atoms with van der Waals surface area (Å²) in [6, 6.07) is 17.0. The second kappa shape index (κ2) is 9.46. The number of rotatable bonds is 8. The first-order valence-electron chi connectivity index (χ1n) is 8.39. The lowest BCUT2D eigenvalue weighted by Crippen LogP contribution is -2.34. The molecule has 0 aromatic heterocycles. The van der Waals surface area contributed by atoms with Crippen LogP contribution in [0.3, 0.4) is 0 Å². The number of nitrogens with zero attached hydrogens (tertiary/aromatic N) is 1. The van der Waals surface area contributed by atoms with Crippen LogP contribution in [0, 0.1) is 5.92 Å². The first kappa shape index (κ1) is 19.3. The fourth-order valence-electron chi connectivity index (χ4n) is 2.44. The molecule has 0 aliphatic rings. The van der Waals surface area contributed by atoms with E-state index in [-0.39, 0.29) is 13.2 Å². The zero-order chi connectivity index (χ0) is 18.9. The molecule has 6 nitrogen and oxygen atoms in total. The zero-order valence-electron chi connectivity index (χ0n) is 15.0. The van der Waals surface area contributed by atoms with Crippen LogP contribution in [0.1, 0.15) is 11.1 Å². The Morgan fingerprint density at radius 3 is 2.27 bits per heavy atom. The lowest BCUT2D eigenvalue weighted by molar-refractivity contribution is -0.141. The van der Waals surface area contributed by atoms with Gasteiger partial charge in [-0.05, 0) is 29.7 Å². The van der Waals surface area contributed by atoms with Crippen LogP contribution in [-0.4, -0.2) is 37.8 Å². The van der Waals surface area contributed by atoms with E-state index in [9.17, 15) is 14.7 Å². The maximum atomic E-state index is 11.8. The normalized spacial score (nSPS) is 11.5. The summed E-state index contributed by atoms with van der Waals surface area (Å²) in [4.78, 5) is 25.2. The number of amides is 1. The van der Waals surface area contributed by atoms with Gasteiger partial charge in [-0.1, -0.05) is 42.5 Å². The summed E-state index contributed by atoms with van der Waals surface area (Å²) in [5.74, 6) is -1.67. The highest BCUT2D eigenvalue weighted by Gasteiger charge is 2.19. The van der Waals surface area contributed by atoms with Gasteiger partial charge >= 0.3 is 12.1 Å². The maximum absolute atomic E-state index is 11.8. The Balaban J connectivity index is 1.83. The van der Waals surface area contributed by atoms with Crippen molar-refractivity contribution in [3.8, 4) is 0 Å². The fourth-order valence-corrected chi connectivity index (χ4v) is 2.44. The van der Waals surface area contributed by atoms with Gasteiger partial charge in [-0.3, -0.25) is 4.79 Å². The average molecular weight is 356 g/mol. The number of carboxylic acids is 1. The number of carboxylic acid groups (broad SMARTS) is 1. The Morgan fingerprint density at radius 1 is 1.04 bits per heavy atom. The molecule has 0 aliphatic heterocycles. The molecule has 2 aromatic carbocycles. The third-order valence-electron chi connectivity index (χ3n) is 3.99. The Morgan fingerprint density at radius 2 is 1.69 bits per heavy atom. The highest BCUT2D eigenvalue weighted by molar-refractivity contribution is 5.73. The Labute approximate surface area is 153 Å². The van der Waals surface area contributed by atoms with Crippen LogP contribution in [-0.2, 0) is 22.6 Å². The summed E-state index contributed by atoms with van der Waals surface area (Å²) in [6.07, 6.45) is -0.287. The maximum Gasteiger partial charge on any atom is 0.407 e. The molecule has 1 amide bonds.